The van der Waals surface area contributed by atoms with Gasteiger partial charge in [-0.15, -0.1) is 0 Å². The van der Waals surface area contributed by atoms with E-state index in [-0.39, 0.29) is 6.04 Å². The van der Waals surface area contributed by atoms with E-state index in [1.807, 2.05) is 25.1 Å². The van der Waals surface area contributed by atoms with Gasteiger partial charge in [-0.25, -0.2) is 0 Å². The van der Waals surface area contributed by atoms with Gasteiger partial charge in [0, 0.05) is 37.9 Å². The molecule has 1 aromatic carbocycles. The lowest BCUT2D eigenvalue weighted by molar-refractivity contribution is 0.0180. The van der Waals surface area contributed by atoms with E-state index >= 15 is 0 Å². The van der Waals surface area contributed by atoms with E-state index in [2.05, 4.69) is 21.3 Å². The van der Waals surface area contributed by atoms with Crippen LogP contribution in [-0.2, 0) is 9.47 Å². The van der Waals surface area contributed by atoms with Crippen molar-refractivity contribution in [2.75, 3.05) is 52.6 Å². The molecular weight excluding hydrogens is 340 g/mol. The molecule has 1 aromatic rings. The van der Waals surface area contributed by atoms with E-state index < -0.39 is 0 Å². The van der Waals surface area contributed by atoms with E-state index in [1.165, 1.54) is 0 Å². The number of guanidine groups is 1. The molecule has 140 valence electrons. The number of halogens is 1. The van der Waals surface area contributed by atoms with Gasteiger partial charge in [0.1, 0.15) is 0 Å². The Kier molecular flexibility index (Phi) is 9.04. The summed E-state index contributed by atoms with van der Waals surface area (Å²) in [5.74, 6) is 0.460. The second-order valence-electron chi connectivity index (χ2n) is 5.89. The first kappa shape index (κ1) is 20.0. The Hall–Kier alpha value is -1.34. The summed E-state index contributed by atoms with van der Waals surface area (Å²) in [4.78, 5) is 6.89. The zero-order valence-electron chi connectivity index (χ0n) is 14.9. The van der Waals surface area contributed by atoms with Crippen molar-refractivity contribution in [1.29, 1.82) is 0 Å². The van der Waals surface area contributed by atoms with Crippen LogP contribution >= 0.6 is 11.6 Å². The molecule has 1 saturated heterocycles. The highest BCUT2D eigenvalue weighted by atomic mass is 35.5. The summed E-state index contributed by atoms with van der Waals surface area (Å²) in [7, 11) is 0. The number of nitrogens with one attached hydrogen (secondary N) is 1. The summed E-state index contributed by atoms with van der Waals surface area (Å²) in [6.07, 6.45) is 0.904. The fourth-order valence-electron chi connectivity index (χ4n) is 2.82. The van der Waals surface area contributed by atoms with E-state index in [0.29, 0.717) is 12.5 Å². The van der Waals surface area contributed by atoms with Crippen molar-refractivity contribution in [3.63, 3.8) is 0 Å². The van der Waals surface area contributed by atoms with Gasteiger partial charge in [-0.3, -0.25) is 9.89 Å². The summed E-state index contributed by atoms with van der Waals surface area (Å²) in [5.41, 5.74) is 7.09. The van der Waals surface area contributed by atoms with Crippen LogP contribution in [0.2, 0.25) is 5.02 Å². The van der Waals surface area contributed by atoms with Crippen molar-refractivity contribution >= 4 is 17.6 Å². The van der Waals surface area contributed by atoms with Gasteiger partial charge in [-0.1, -0.05) is 29.8 Å². The number of hydrogen-bond donors (Lipinski definition) is 2. The molecule has 1 unspecified atom stereocenters. The lowest BCUT2D eigenvalue weighted by Crippen LogP contribution is -2.41. The topological polar surface area (TPSA) is 72.1 Å². The van der Waals surface area contributed by atoms with Crippen LogP contribution < -0.4 is 11.1 Å². The molecule has 0 aliphatic carbocycles. The number of hydrogen-bond acceptors (Lipinski definition) is 4. The molecule has 0 radical (unpaired) electrons. The molecule has 2 rings (SSSR count). The largest absolute Gasteiger partial charge is 0.382 e. The predicted molar refractivity (Wildman–Crippen MR) is 102 cm³/mol. The predicted octanol–water partition coefficient (Wildman–Crippen LogP) is 2.04. The van der Waals surface area contributed by atoms with Gasteiger partial charge in [-0.2, -0.15) is 0 Å². The van der Waals surface area contributed by atoms with Crippen LogP contribution in [0.15, 0.2) is 29.3 Å². The molecule has 7 heteroatoms. The number of nitrogens with zero attached hydrogens (tertiary/aromatic N) is 2. The molecule has 1 heterocycles. The van der Waals surface area contributed by atoms with Crippen LogP contribution in [0.5, 0.6) is 0 Å². The Morgan fingerprint density at radius 3 is 2.88 bits per heavy atom. The number of nitrogens with two attached hydrogens (primary N) is 1. The van der Waals surface area contributed by atoms with Gasteiger partial charge in [0.05, 0.1) is 25.8 Å². The SMILES string of the molecule is CCOCCCNC(N)=NCC(c1ccccc1Cl)N1CCOCC1. The zero-order chi connectivity index (χ0) is 17.9. The van der Waals surface area contributed by atoms with Crippen molar-refractivity contribution < 1.29 is 9.47 Å². The summed E-state index contributed by atoms with van der Waals surface area (Å²) < 4.78 is 10.8. The van der Waals surface area contributed by atoms with Crippen molar-refractivity contribution in [2.45, 2.75) is 19.4 Å². The molecule has 1 aliphatic heterocycles. The summed E-state index contributed by atoms with van der Waals surface area (Å²) in [6, 6.07) is 8.03. The number of benzene rings is 1. The Labute approximate surface area is 155 Å². The van der Waals surface area contributed by atoms with E-state index in [1.54, 1.807) is 0 Å². The molecule has 0 saturated carbocycles. The maximum atomic E-state index is 6.42. The Bertz CT molecular complexity index is 536. The molecule has 0 spiro atoms. The van der Waals surface area contributed by atoms with Gasteiger partial charge in [-0.05, 0) is 25.0 Å². The number of rotatable bonds is 9. The standard InChI is InChI=1S/C18H29ClN4O2/c1-2-24-11-5-8-21-18(20)22-14-17(23-9-12-25-13-10-23)15-6-3-4-7-16(15)19/h3-4,6-7,17H,2,5,8-14H2,1H3,(H3,20,21,22). The fourth-order valence-corrected chi connectivity index (χ4v) is 3.08. The first-order valence-corrected chi connectivity index (χ1v) is 9.28. The van der Waals surface area contributed by atoms with Crippen LogP contribution in [0.1, 0.15) is 24.9 Å². The Balaban J connectivity index is 1.96. The normalized spacial score (nSPS) is 17.4. The third-order valence-electron chi connectivity index (χ3n) is 4.16. The van der Waals surface area contributed by atoms with Gasteiger partial charge in [0.15, 0.2) is 5.96 Å². The van der Waals surface area contributed by atoms with Gasteiger partial charge in [0.25, 0.3) is 0 Å². The van der Waals surface area contributed by atoms with E-state index in [4.69, 9.17) is 26.8 Å². The highest BCUT2D eigenvalue weighted by molar-refractivity contribution is 6.31. The third-order valence-corrected chi connectivity index (χ3v) is 4.51. The zero-order valence-corrected chi connectivity index (χ0v) is 15.7. The van der Waals surface area contributed by atoms with Crippen molar-refractivity contribution in [3.8, 4) is 0 Å². The molecule has 25 heavy (non-hydrogen) atoms. The molecule has 0 aromatic heterocycles. The van der Waals surface area contributed by atoms with Crippen LogP contribution in [0, 0.1) is 0 Å². The minimum Gasteiger partial charge on any atom is -0.382 e. The number of morpholine rings is 1. The monoisotopic (exact) mass is 368 g/mol. The quantitative estimate of drug-likeness (QED) is 0.396. The smallest absolute Gasteiger partial charge is 0.188 e. The van der Waals surface area contributed by atoms with Crippen molar-refractivity contribution in [3.05, 3.63) is 34.9 Å². The Morgan fingerprint density at radius 2 is 2.16 bits per heavy atom. The molecule has 1 aliphatic rings. The molecule has 1 fully saturated rings. The van der Waals surface area contributed by atoms with Crippen LogP contribution in [0.4, 0.5) is 0 Å². The molecule has 0 bridgehead atoms. The van der Waals surface area contributed by atoms with E-state index in [9.17, 15) is 0 Å². The lowest BCUT2D eigenvalue weighted by Gasteiger charge is -2.34. The highest BCUT2D eigenvalue weighted by Gasteiger charge is 2.24. The molecule has 0 amide bonds. The number of ether oxygens (including phenoxy) is 2. The molecule has 6 nitrogen and oxygen atoms in total. The molecule has 3 N–H and O–H groups in total. The minimum absolute atomic E-state index is 0.0985. The summed E-state index contributed by atoms with van der Waals surface area (Å²) >= 11 is 6.42. The average Bonchev–Trinajstić information content (AvgIpc) is 2.64. The highest BCUT2D eigenvalue weighted by Crippen LogP contribution is 2.28. The van der Waals surface area contributed by atoms with Crippen LogP contribution in [0.25, 0.3) is 0 Å². The first-order chi connectivity index (χ1) is 12.2. The lowest BCUT2D eigenvalue weighted by atomic mass is 10.0. The van der Waals surface area contributed by atoms with Crippen LogP contribution in [0.3, 0.4) is 0 Å². The summed E-state index contributed by atoms with van der Waals surface area (Å²) in [6.45, 7) is 7.97. The van der Waals surface area contributed by atoms with Crippen molar-refractivity contribution in [1.82, 2.24) is 10.2 Å². The Morgan fingerprint density at radius 1 is 1.40 bits per heavy atom. The maximum absolute atomic E-state index is 6.42. The first-order valence-electron chi connectivity index (χ1n) is 8.90. The van der Waals surface area contributed by atoms with Crippen LogP contribution in [-0.4, -0.2) is 63.5 Å². The third kappa shape index (κ3) is 6.82. The second-order valence-corrected chi connectivity index (χ2v) is 6.30. The van der Waals surface area contributed by atoms with Gasteiger partial charge < -0.3 is 20.5 Å². The average molecular weight is 369 g/mol. The number of aliphatic imine (C=N–C) groups is 1. The second kappa shape index (κ2) is 11.3. The minimum atomic E-state index is 0.0985. The summed E-state index contributed by atoms with van der Waals surface area (Å²) in [5, 5.41) is 3.90. The fraction of sp³-hybridized carbons (Fsp3) is 0.611. The van der Waals surface area contributed by atoms with Crippen molar-refractivity contribution in [2.24, 2.45) is 10.7 Å². The van der Waals surface area contributed by atoms with Gasteiger partial charge >= 0.3 is 0 Å². The molecule has 1 atom stereocenters. The van der Waals surface area contributed by atoms with E-state index in [0.717, 1.165) is 63.1 Å². The van der Waals surface area contributed by atoms with Gasteiger partial charge in [0.2, 0.25) is 0 Å². The maximum Gasteiger partial charge on any atom is 0.188 e. The molecular formula is C18H29ClN4O2.